The second kappa shape index (κ2) is 5.62. The van der Waals surface area contributed by atoms with E-state index in [1.165, 1.54) is 6.42 Å². The van der Waals surface area contributed by atoms with Gasteiger partial charge in [-0.05, 0) is 71.5 Å². The minimum Gasteiger partial charge on any atom is -0.399 e. The van der Waals surface area contributed by atoms with Crippen LogP contribution in [-0.4, -0.2) is 29.9 Å². The van der Waals surface area contributed by atoms with E-state index in [4.69, 9.17) is 14.0 Å². The van der Waals surface area contributed by atoms with Crippen LogP contribution in [0.3, 0.4) is 0 Å². The van der Waals surface area contributed by atoms with Gasteiger partial charge in [-0.1, -0.05) is 0 Å². The van der Waals surface area contributed by atoms with Gasteiger partial charge in [-0.3, -0.25) is 4.98 Å². The van der Waals surface area contributed by atoms with Crippen LogP contribution in [0.15, 0.2) is 12.1 Å². The van der Waals surface area contributed by atoms with Crippen LogP contribution in [0.2, 0.25) is 0 Å². The number of aromatic nitrogens is 1. The van der Waals surface area contributed by atoms with Gasteiger partial charge < -0.3 is 14.0 Å². The number of nitrogens with zero attached hydrogens (tertiary/aromatic N) is 1. The van der Waals surface area contributed by atoms with Crippen molar-refractivity contribution in [2.75, 3.05) is 6.61 Å². The maximum absolute atomic E-state index is 6.16. The van der Waals surface area contributed by atoms with Crippen LogP contribution in [-0.2, 0) is 14.0 Å². The summed E-state index contributed by atoms with van der Waals surface area (Å²) in [5, 5.41) is 0. The molecule has 2 aliphatic heterocycles. The maximum Gasteiger partial charge on any atom is 0.494 e. The first kappa shape index (κ1) is 16.0. The van der Waals surface area contributed by atoms with Crippen LogP contribution >= 0.6 is 0 Å². The molecule has 1 aromatic rings. The van der Waals surface area contributed by atoms with Crippen molar-refractivity contribution in [1.29, 1.82) is 0 Å². The Balaban J connectivity index is 1.87. The molecule has 3 heterocycles. The van der Waals surface area contributed by atoms with Crippen molar-refractivity contribution in [2.45, 2.75) is 71.2 Å². The van der Waals surface area contributed by atoms with E-state index in [1.807, 2.05) is 6.92 Å². The quantitative estimate of drug-likeness (QED) is 0.788. The minimum atomic E-state index is -0.339. The normalized spacial score (nSPS) is 27.1. The molecule has 0 N–H and O–H groups in total. The highest BCUT2D eigenvalue weighted by molar-refractivity contribution is 6.62. The average molecular weight is 303 g/mol. The molecular weight excluding hydrogens is 277 g/mol. The fourth-order valence-corrected chi connectivity index (χ4v) is 2.98. The van der Waals surface area contributed by atoms with E-state index < -0.39 is 0 Å². The van der Waals surface area contributed by atoms with Gasteiger partial charge in [0.2, 0.25) is 0 Å². The number of rotatable bonds is 2. The first-order chi connectivity index (χ1) is 10.3. The summed E-state index contributed by atoms with van der Waals surface area (Å²) in [4.78, 5) is 4.67. The number of hydrogen-bond acceptors (Lipinski definition) is 4. The standard InChI is InChI=1S/C17H26BNO3/c1-12-10-13(18-21-16(2,3)17(4,5)22-18)11-14(19-12)15-8-6-7-9-20-15/h10-11,15H,6-9H2,1-5H3. The Morgan fingerprint density at radius 2 is 1.77 bits per heavy atom. The Morgan fingerprint density at radius 3 is 2.36 bits per heavy atom. The van der Waals surface area contributed by atoms with Gasteiger partial charge in [0, 0.05) is 12.3 Å². The molecular formula is C17H26BNO3. The van der Waals surface area contributed by atoms with Crippen LogP contribution in [0.1, 0.15) is 64.4 Å². The van der Waals surface area contributed by atoms with Gasteiger partial charge in [-0.15, -0.1) is 0 Å². The van der Waals surface area contributed by atoms with Crippen LogP contribution < -0.4 is 5.46 Å². The fraction of sp³-hybridized carbons (Fsp3) is 0.706. The third-order valence-electron chi connectivity index (χ3n) is 5.03. The summed E-state index contributed by atoms with van der Waals surface area (Å²) >= 11 is 0. The van der Waals surface area contributed by atoms with Gasteiger partial charge >= 0.3 is 7.12 Å². The largest absolute Gasteiger partial charge is 0.494 e. The summed E-state index contributed by atoms with van der Waals surface area (Å²) in [6.07, 6.45) is 3.49. The van der Waals surface area contributed by atoms with Gasteiger partial charge in [0.1, 0.15) is 0 Å². The molecule has 2 fully saturated rings. The van der Waals surface area contributed by atoms with Crippen LogP contribution in [0.5, 0.6) is 0 Å². The van der Waals surface area contributed by atoms with Crippen molar-refractivity contribution in [3.8, 4) is 0 Å². The van der Waals surface area contributed by atoms with Gasteiger partial charge in [0.05, 0.1) is 23.0 Å². The number of ether oxygens (including phenoxy) is 1. The smallest absolute Gasteiger partial charge is 0.399 e. The lowest BCUT2D eigenvalue weighted by Crippen LogP contribution is -2.41. The van der Waals surface area contributed by atoms with Crippen molar-refractivity contribution in [1.82, 2.24) is 4.98 Å². The van der Waals surface area contributed by atoms with Gasteiger partial charge in [-0.2, -0.15) is 0 Å². The predicted molar refractivity (Wildman–Crippen MR) is 87.2 cm³/mol. The molecule has 5 heteroatoms. The third kappa shape index (κ3) is 2.94. The molecule has 22 heavy (non-hydrogen) atoms. The van der Waals surface area contributed by atoms with Gasteiger partial charge in [0.25, 0.3) is 0 Å². The van der Waals surface area contributed by atoms with E-state index in [-0.39, 0.29) is 24.4 Å². The first-order valence-corrected chi connectivity index (χ1v) is 8.24. The van der Waals surface area contributed by atoms with Crippen molar-refractivity contribution in [2.24, 2.45) is 0 Å². The summed E-state index contributed by atoms with van der Waals surface area (Å²) in [6, 6.07) is 4.14. The van der Waals surface area contributed by atoms with Crippen LogP contribution in [0, 0.1) is 6.92 Å². The molecule has 3 rings (SSSR count). The Hall–Kier alpha value is -0.905. The summed E-state index contributed by atoms with van der Waals surface area (Å²) in [5.74, 6) is 0. The zero-order valence-corrected chi connectivity index (χ0v) is 14.3. The molecule has 0 aromatic carbocycles. The van der Waals surface area contributed by atoms with Crippen molar-refractivity contribution >= 4 is 12.6 Å². The molecule has 0 bridgehead atoms. The second-order valence-electron chi connectivity index (χ2n) is 7.41. The molecule has 0 saturated carbocycles. The molecule has 0 spiro atoms. The lowest BCUT2D eigenvalue weighted by molar-refractivity contribution is 0.00578. The van der Waals surface area contributed by atoms with E-state index in [2.05, 4.69) is 44.8 Å². The molecule has 0 aliphatic carbocycles. The van der Waals surface area contributed by atoms with Gasteiger partial charge in [-0.25, -0.2) is 0 Å². The number of hydrogen-bond donors (Lipinski definition) is 0. The average Bonchev–Trinajstić information content (AvgIpc) is 2.68. The zero-order chi connectivity index (χ0) is 16.0. The molecule has 120 valence electrons. The Morgan fingerprint density at radius 1 is 1.09 bits per heavy atom. The first-order valence-electron chi connectivity index (χ1n) is 8.24. The minimum absolute atomic E-state index is 0.106. The van der Waals surface area contributed by atoms with E-state index in [0.29, 0.717) is 0 Å². The van der Waals surface area contributed by atoms with E-state index in [0.717, 1.165) is 36.3 Å². The van der Waals surface area contributed by atoms with E-state index in [1.54, 1.807) is 0 Å². The second-order valence-corrected chi connectivity index (χ2v) is 7.41. The highest BCUT2D eigenvalue weighted by atomic mass is 16.7. The van der Waals surface area contributed by atoms with Crippen LogP contribution in [0.25, 0.3) is 0 Å². The summed E-state index contributed by atoms with van der Waals surface area (Å²) < 4.78 is 18.2. The highest BCUT2D eigenvalue weighted by Crippen LogP contribution is 2.36. The fourth-order valence-electron chi connectivity index (χ4n) is 2.98. The zero-order valence-electron chi connectivity index (χ0n) is 14.3. The topological polar surface area (TPSA) is 40.6 Å². The summed E-state index contributed by atoms with van der Waals surface area (Å²) in [7, 11) is -0.339. The van der Waals surface area contributed by atoms with Crippen LogP contribution in [0.4, 0.5) is 0 Å². The molecule has 2 saturated heterocycles. The molecule has 0 radical (unpaired) electrons. The molecule has 1 unspecified atom stereocenters. The molecule has 1 atom stereocenters. The van der Waals surface area contributed by atoms with Crippen molar-refractivity contribution in [3.05, 3.63) is 23.5 Å². The maximum atomic E-state index is 6.16. The molecule has 1 aromatic heterocycles. The summed E-state index contributed by atoms with van der Waals surface area (Å²) in [5.41, 5.74) is 2.38. The molecule has 2 aliphatic rings. The summed E-state index contributed by atoms with van der Waals surface area (Å²) in [6.45, 7) is 11.1. The molecule has 4 nitrogen and oxygen atoms in total. The molecule has 0 amide bonds. The lowest BCUT2D eigenvalue weighted by Gasteiger charge is -2.32. The highest BCUT2D eigenvalue weighted by Gasteiger charge is 2.51. The number of aryl methyl sites for hydroxylation is 1. The monoisotopic (exact) mass is 303 g/mol. The van der Waals surface area contributed by atoms with Crippen molar-refractivity contribution in [3.63, 3.8) is 0 Å². The van der Waals surface area contributed by atoms with E-state index >= 15 is 0 Å². The third-order valence-corrected chi connectivity index (χ3v) is 5.03. The van der Waals surface area contributed by atoms with E-state index in [9.17, 15) is 0 Å². The number of pyridine rings is 1. The van der Waals surface area contributed by atoms with Gasteiger partial charge in [0.15, 0.2) is 0 Å². The lowest BCUT2D eigenvalue weighted by atomic mass is 9.78. The Bertz CT molecular complexity index is 537. The predicted octanol–water partition coefficient (Wildman–Crippen LogP) is 2.93. The Kier molecular flexibility index (Phi) is 4.08. The Labute approximate surface area is 133 Å². The SMILES string of the molecule is Cc1cc(B2OC(C)(C)C(C)(C)O2)cc(C2CCCCO2)n1. The van der Waals surface area contributed by atoms with Crippen molar-refractivity contribution < 1.29 is 14.0 Å².